The standard InChI is InChI=1S/C12H21NO2/c1-9(2)13-7-11-5-6-12(15-11)8-14-10(3)4/h5-6,9-10,13H,7-8H2,1-4H3. The third-order valence-electron chi connectivity index (χ3n) is 1.96. The highest BCUT2D eigenvalue weighted by molar-refractivity contribution is 5.06. The van der Waals surface area contributed by atoms with Gasteiger partial charge in [-0.3, -0.25) is 0 Å². The van der Waals surface area contributed by atoms with Crippen LogP contribution in [0.1, 0.15) is 39.2 Å². The van der Waals surface area contributed by atoms with E-state index in [1.165, 1.54) is 0 Å². The Hall–Kier alpha value is -0.800. The molecule has 3 heteroatoms. The summed E-state index contributed by atoms with van der Waals surface area (Å²) < 4.78 is 11.0. The molecule has 1 aromatic heterocycles. The Balaban J connectivity index is 2.35. The van der Waals surface area contributed by atoms with Crippen LogP contribution >= 0.6 is 0 Å². The molecule has 0 bridgehead atoms. The molecular formula is C12H21NO2. The SMILES string of the molecule is CC(C)NCc1ccc(COC(C)C)o1. The number of hydrogen-bond donors (Lipinski definition) is 1. The van der Waals surface area contributed by atoms with Crippen molar-refractivity contribution in [1.29, 1.82) is 0 Å². The van der Waals surface area contributed by atoms with E-state index < -0.39 is 0 Å². The fraction of sp³-hybridized carbons (Fsp3) is 0.667. The van der Waals surface area contributed by atoms with Gasteiger partial charge in [0.25, 0.3) is 0 Å². The van der Waals surface area contributed by atoms with Gasteiger partial charge in [0.05, 0.1) is 12.6 Å². The van der Waals surface area contributed by atoms with E-state index in [1.54, 1.807) is 0 Å². The molecule has 86 valence electrons. The first-order valence-corrected chi connectivity index (χ1v) is 5.50. The van der Waals surface area contributed by atoms with E-state index in [4.69, 9.17) is 9.15 Å². The molecule has 0 aliphatic heterocycles. The van der Waals surface area contributed by atoms with Crippen LogP contribution in [0.2, 0.25) is 0 Å². The summed E-state index contributed by atoms with van der Waals surface area (Å²) in [4.78, 5) is 0. The smallest absolute Gasteiger partial charge is 0.129 e. The van der Waals surface area contributed by atoms with Crippen molar-refractivity contribution in [3.8, 4) is 0 Å². The molecule has 1 rings (SSSR count). The molecule has 0 aliphatic carbocycles. The van der Waals surface area contributed by atoms with Gasteiger partial charge in [-0.1, -0.05) is 13.8 Å². The molecule has 0 aliphatic rings. The quantitative estimate of drug-likeness (QED) is 0.785. The number of rotatable bonds is 6. The fourth-order valence-electron chi connectivity index (χ4n) is 1.15. The van der Waals surface area contributed by atoms with E-state index in [-0.39, 0.29) is 6.10 Å². The summed E-state index contributed by atoms with van der Waals surface area (Å²) >= 11 is 0. The molecule has 1 N–H and O–H groups in total. The van der Waals surface area contributed by atoms with Crippen LogP contribution in [0.25, 0.3) is 0 Å². The second-order valence-corrected chi connectivity index (χ2v) is 4.26. The number of ether oxygens (including phenoxy) is 1. The Labute approximate surface area is 91.8 Å². The third kappa shape index (κ3) is 5.00. The summed E-state index contributed by atoms with van der Waals surface area (Å²) in [6.45, 7) is 9.60. The van der Waals surface area contributed by atoms with Crippen LogP contribution in [0.5, 0.6) is 0 Å². The summed E-state index contributed by atoms with van der Waals surface area (Å²) in [5, 5.41) is 3.31. The molecular weight excluding hydrogens is 190 g/mol. The van der Waals surface area contributed by atoms with Gasteiger partial charge in [-0.25, -0.2) is 0 Å². The van der Waals surface area contributed by atoms with E-state index >= 15 is 0 Å². The Morgan fingerprint density at radius 1 is 1.20 bits per heavy atom. The minimum atomic E-state index is 0.243. The third-order valence-corrected chi connectivity index (χ3v) is 1.96. The van der Waals surface area contributed by atoms with Crippen molar-refractivity contribution in [3.63, 3.8) is 0 Å². The molecule has 0 fully saturated rings. The molecule has 0 aromatic carbocycles. The van der Waals surface area contributed by atoms with Crippen molar-refractivity contribution in [2.45, 2.75) is 53.0 Å². The predicted molar refractivity (Wildman–Crippen MR) is 60.6 cm³/mol. The topological polar surface area (TPSA) is 34.4 Å². The summed E-state index contributed by atoms with van der Waals surface area (Å²) in [6.07, 6.45) is 0.243. The lowest BCUT2D eigenvalue weighted by molar-refractivity contribution is 0.0538. The molecule has 1 heterocycles. The van der Waals surface area contributed by atoms with Gasteiger partial charge >= 0.3 is 0 Å². The van der Waals surface area contributed by atoms with E-state index in [0.29, 0.717) is 12.6 Å². The van der Waals surface area contributed by atoms with Gasteiger partial charge < -0.3 is 14.5 Å². The summed E-state index contributed by atoms with van der Waals surface area (Å²) in [5.41, 5.74) is 0. The number of hydrogen-bond acceptors (Lipinski definition) is 3. The van der Waals surface area contributed by atoms with Crippen molar-refractivity contribution in [1.82, 2.24) is 5.32 Å². The molecule has 0 unspecified atom stereocenters. The zero-order chi connectivity index (χ0) is 11.3. The highest BCUT2D eigenvalue weighted by atomic mass is 16.5. The van der Waals surface area contributed by atoms with Gasteiger partial charge in [-0.2, -0.15) is 0 Å². The van der Waals surface area contributed by atoms with Crippen LogP contribution in [0.3, 0.4) is 0 Å². The Morgan fingerprint density at radius 2 is 1.87 bits per heavy atom. The number of nitrogens with one attached hydrogen (secondary N) is 1. The van der Waals surface area contributed by atoms with Crippen molar-refractivity contribution >= 4 is 0 Å². The second-order valence-electron chi connectivity index (χ2n) is 4.26. The molecule has 1 aromatic rings. The molecule has 15 heavy (non-hydrogen) atoms. The van der Waals surface area contributed by atoms with Crippen molar-refractivity contribution < 1.29 is 9.15 Å². The van der Waals surface area contributed by atoms with Crippen molar-refractivity contribution in [2.24, 2.45) is 0 Å². The molecule has 0 amide bonds. The average molecular weight is 211 g/mol. The van der Waals surface area contributed by atoms with Gasteiger partial charge in [0, 0.05) is 6.04 Å². The summed E-state index contributed by atoms with van der Waals surface area (Å²) in [5.74, 6) is 1.86. The lowest BCUT2D eigenvalue weighted by Crippen LogP contribution is -2.21. The minimum Gasteiger partial charge on any atom is -0.462 e. The molecule has 0 spiro atoms. The van der Waals surface area contributed by atoms with Crippen LogP contribution in [0.15, 0.2) is 16.5 Å². The summed E-state index contributed by atoms with van der Waals surface area (Å²) in [7, 11) is 0. The van der Waals surface area contributed by atoms with Crippen LogP contribution in [0, 0.1) is 0 Å². The van der Waals surface area contributed by atoms with Gasteiger partial charge in [0.15, 0.2) is 0 Å². The van der Waals surface area contributed by atoms with Gasteiger partial charge in [-0.15, -0.1) is 0 Å². The van der Waals surface area contributed by atoms with E-state index in [9.17, 15) is 0 Å². The zero-order valence-electron chi connectivity index (χ0n) is 10.0. The Kier molecular flexibility index (Phi) is 4.85. The fourth-order valence-corrected chi connectivity index (χ4v) is 1.15. The normalized spacial score (nSPS) is 11.6. The van der Waals surface area contributed by atoms with E-state index in [1.807, 2.05) is 26.0 Å². The second kappa shape index (κ2) is 5.93. The number of furan rings is 1. The highest BCUT2D eigenvalue weighted by Crippen LogP contribution is 2.10. The monoisotopic (exact) mass is 211 g/mol. The average Bonchev–Trinajstić information content (AvgIpc) is 2.59. The van der Waals surface area contributed by atoms with E-state index in [2.05, 4.69) is 19.2 Å². The van der Waals surface area contributed by atoms with Gasteiger partial charge in [-0.05, 0) is 26.0 Å². The molecule has 0 saturated carbocycles. The van der Waals surface area contributed by atoms with Crippen LogP contribution in [0.4, 0.5) is 0 Å². The Morgan fingerprint density at radius 3 is 2.47 bits per heavy atom. The molecule has 0 radical (unpaired) electrons. The minimum absolute atomic E-state index is 0.243. The maximum Gasteiger partial charge on any atom is 0.129 e. The molecule has 0 atom stereocenters. The zero-order valence-corrected chi connectivity index (χ0v) is 10.0. The largest absolute Gasteiger partial charge is 0.462 e. The van der Waals surface area contributed by atoms with Crippen molar-refractivity contribution in [3.05, 3.63) is 23.7 Å². The maximum absolute atomic E-state index is 5.60. The lowest BCUT2D eigenvalue weighted by atomic mass is 10.3. The van der Waals surface area contributed by atoms with Crippen LogP contribution in [-0.2, 0) is 17.9 Å². The molecule has 0 saturated heterocycles. The first kappa shape index (κ1) is 12.3. The van der Waals surface area contributed by atoms with Crippen LogP contribution < -0.4 is 5.32 Å². The van der Waals surface area contributed by atoms with Crippen molar-refractivity contribution in [2.75, 3.05) is 0 Å². The lowest BCUT2D eigenvalue weighted by Gasteiger charge is -2.06. The Bertz CT molecular complexity index is 252. The molecule has 3 nitrogen and oxygen atoms in total. The van der Waals surface area contributed by atoms with Gasteiger partial charge in [0.1, 0.15) is 18.1 Å². The van der Waals surface area contributed by atoms with E-state index in [0.717, 1.165) is 18.1 Å². The maximum atomic E-state index is 5.60. The highest BCUT2D eigenvalue weighted by Gasteiger charge is 2.03. The first-order valence-electron chi connectivity index (χ1n) is 5.50. The predicted octanol–water partition coefficient (Wildman–Crippen LogP) is 2.70. The van der Waals surface area contributed by atoms with Crippen LogP contribution in [-0.4, -0.2) is 12.1 Å². The summed E-state index contributed by atoms with van der Waals surface area (Å²) in [6, 6.07) is 4.44. The van der Waals surface area contributed by atoms with Gasteiger partial charge in [0.2, 0.25) is 0 Å². The first-order chi connectivity index (χ1) is 7.08.